The smallest absolute Gasteiger partial charge is 0.272 e. The lowest BCUT2D eigenvalue weighted by Crippen LogP contribution is -2.30. The van der Waals surface area contributed by atoms with Gasteiger partial charge in [-0.05, 0) is 80.1 Å². The molecule has 0 spiro atoms. The second-order valence-corrected chi connectivity index (χ2v) is 13.8. The topological polar surface area (TPSA) is 159 Å². The lowest BCUT2D eigenvalue weighted by molar-refractivity contribution is -0.115. The Balaban J connectivity index is 1.30. The molecule has 11 nitrogen and oxygen atoms in total. The second kappa shape index (κ2) is 17.7. The lowest BCUT2D eigenvalue weighted by atomic mass is 10.1. The van der Waals surface area contributed by atoms with Gasteiger partial charge in [0.05, 0.1) is 29.9 Å². The molecule has 4 N–H and O–H groups in total. The number of anilines is 3. The van der Waals surface area contributed by atoms with Crippen LogP contribution in [0.5, 0.6) is 11.5 Å². The Kier molecular flexibility index (Phi) is 12.7. The highest BCUT2D eigenvalue weighted by Crippen LogP contribution is 2.35. The molecule has 0 bridgehead atoms. The fraction of sp³-hybridized carbons (Fsp3) is 0.125. The minimum absolute atomic E-state index is 0.0375. The number of nitriles is 1. The van der Waals surface area contributed by atoms with Crippen LogP contribution >= 0.6 is 23.1 Å². The second-order valence-electron chi connectivity index (χ2n) is 11.4. The van der Waals surface area contributed by atoms with Crippen molar-refractivity contribution in [2.24, 2.45) is 0 Å². The van der Waals surface area contributed by atoms with Gasteiger partial charge in [0.1, 0.15) is 28.3 Å². The van der Waals surface area contributed by atoms with Gasteiger partial charge < -0.3 is 30.7 Å². The molecule has 5 rings (SSSR count). The molecule has 5 aromatic rings. The van der Waals surface area contributed by atoms with Crippen LogP contribution in [0, 0.1) is 18.3 Å². The van der Waals surface area contributed by atoms with Crippen LogP contribution < -0.4 is 30.7 Å². The van der Waals surface area contributed by atoms with Crippen LogP contribution in [-0.2, 0) is 9.59 Å². The number of rotatable bonds is 13. The number of hydrogen-bond acceptors (Lipinski definition) is 9. The van der Waals surface area contributed by atoms with Gasteiger partial charge in [0, 0.05) is 33.5 Å². The van der Waals surface area contributed by atoms with E-state index >= 15 is 0 Å². The molecule has 268 valence electrons. The Bertz CT molecular complexity index is 2210. The molecule has 1 atom stereocenters. The van der Waals surface area contributed by atoms with E-state index in [0.29, 0.717) is 49.3 Å². The summed E-state index contributed by atoms with van der Waals surface area (Å²) in [5, 5.41) is 20.7. The van der Waals surface area contributed by atoms with Gasteiger partial charge in [0.15, 0.2) is 0 Å². The lowest BCUT2D eigenvalue weighted by Gasteiger charge is -2.14. The normalized spacial score (nSPS) is 11.4. The molecule has 13 heteroatoms. The third-order valence-electron chi connectivity index (χ3n) is 7.78. The van der Waals surface area contributed by atoms with Crippen LogP contribution in [-0.4, -0.2) is 43.1 Å². The summed E-state index contributed by atoms with van der Waals surface area (Å²) in [6.45, 7) is 3.38. The number of carbonyl (C=O) groups excluding carboxylic acids is 4. The Labute approximate surface area is 315 Å². The molecule has 0 saturated carbocycles. The summed E-state index contributed by atoms with van der Waals surface area (Å²) in [4.78, 5) is 54.2. The first-order valence-electron chi connectivity index (χ1n) is 16.2. The van der Waals surface area contributed by atoms with Crippen molar-refractivity contribution in [3.8, 4) is 17.6 Å². The molecule has 0 aliphatic carbocycles. The zero-order valence-electron chi connectivity index (χ0n) is 29.2. The first kappa shape index (κ1) is 37.9. The fourth-order valence-corrected chi connectivity index (χ4v) is 7.00. The third-order valence-corrected chi connectivity index (χ3v) is 10.1. The van der Waals surface area contributed by atoms with Gasteiger partial charge in [-0.2, -0.15) is 5.26 Å². The summed E-state index contributed by atoms with van der Waals surface area (Å²) in [5.74, 6) is -0.835. The van der Waals surface area contributed by atoms with E-state index in [2.05, 4.69) is 27.3 Å². The van der Waals surface area contributed by atoms with E-state index in [0.717, 1.165) is 11.3 Å². The number of benzene rings is 4. The maximum absolute atomic E-state index is 13.7. The predicted molar refractivity (Wildman–Crippen MR) is 209 cm³/mol. The van der Waals surface area contributed by atoms with Gasteiger partial charge in [-0.3, -0.25) is 19.2 Å². The summed E-state index contributed by atoms with van der Waals surface area (Å²) in [5.41, 5.74) is 2.58. The molecular formula is C40H35N5O6S2. The Morgan fingerprint density at radius 2 is 1.51 bits per heavy atom. The Morgan fingerprint density at radius 3 is 2.19 bits per heavy atom. The number of methoxy groups -OCH3 is 2. The van der Waals surface area contributed by atoms with E-state index in [9.17, 15) is 24.4 Å². The van der Waals surface area contributed by atoms with Gasteiger partial charge in [-0.15, -0.1) is 23.1 Å². The fourth-order valence-electron chi connectivity index (χ4n) is 5.01. The molecule has 0 radical (unpaired) electrons. The number of carbonyl (C=O) groups is 4. The van der Waals surface area contributed by atoms with Crippen LogP contribution in [0.3, 0.4) is 0 Å². The number of hydrogen-bond donors (Lipinski definition) is 4. The number of thiophene rings is 1. The van der Waals surface area contributed by atoms with Crippen molar-refractivity contribution in [2.75, 3.05) is 30.2 Å². The Morgan fingerprint density at radius 1 is 0.811 bits per heavy atom. The molecule has 53 heavy (non-hydrogen) atoms. The quantitative estimate of drug-likeness (QED) is 0.0704. The summed E-state index contributed by atoms with van der Waals surface area (Å²) >= 11 is 2.28. The van der Waals surface area contributed by atoms with Crippen LogP contribution in [0.2, 0.25) is 0 Å². The molecule has 1 unspecified atom stereocenters. The van der Waals surface area contributed by atoms with Crippen molar-refractivity contribution in [2.45, 2.75) is 24.0 Å². The third kappa shape index (κ3) is 9.70. The number of nitrogens with zero attached hydrogens (tertiary/aromatic N) is 1. The SMILES string of the molecule is COc1ccc(/C=C(/NC(=O)c2ccccc2)C(=O)Nc2cccc(SC(C)C(=O)Nc3sc(C(=O)Nc4ccccc4)c(C)c3C#N)c2)c(OC)c1. The van der Waals surface area contributed by atoms with E-state index < -0.39 is 17.1 Å². The van der Waals surface area contributed by atoms with E-state index in [-0.39, 0.29) is 28.1 Å². The Hall–Kier alpha value is -6.36. The van der Waals surface area contributed by atoms with Crippen molar-refractivity contribution in [3.05, 3.63) is 136 Å². The minimum atomic E-state index is -0.625. The van der Waals surface area contributed by atoms with Crippen LogP contribution in [0.25, 0.3) is 6.08 Å². The van der Waals surface area contributed by atoms with Crippen molar-refractivity contribution in [1.29, 1.82) is 5.26 Å². The van der Waals surface area contributed by atoms with Crippen molar-refractivity contribution in [1.82, 2.24) is 5.32 Å². The number of thioether (sulfide) groups is 1. The summed E-state index contributed by atoms with van der Waals surface area (Å²) in [7, 11) is 3.02. The van der Waals surface area contributed by atoms with Gasteiger partial charge >= 0.3 is 0 Å². The van der Waals surface area contributed by atoms with E-state index in [4.69, 9.17) is 9.47 Å². The van der Waals surface area contributed by atoms with Gasteiger partial charge in [-0.1, -0.05) is 42.5 Å². The van der Waals surface area contributed by atoms with Crippen LogP contribution in [0.15, 0.2) is 114 Å². The number of nitrogens with one attached hydrogen (secondary N) is 4. The summed E-state index contributed by atoms with van der Waals surface area (Å²) in [6.07, 6.45) is 1.51. The standard InChI is InChI=1S/C40H35N5O6S2/c1-24-32(23-41)40(53-35(24)39(49)42-28-14-9-6-10-15-28)45-36(46)25(2)52-31-17-11-16-29(21-31)43-38(48)33(44-37(47)26-12-7-5-8-13-26)20-27-18-19-30(50-3)22-34(27)51-4/h5-22,25H,1-4H3,(H,42,49)(H,43,48)(H,44,47)(H,45,46)/b33-20+. The first-order chi connectivity index (χ1) is 25.6. The highest BCUT2D eigenvalue weighted by atomic mass is 32.2. The molecule has 4 amide bonds. The zero-order valence-corrected chi connectivity index (χ0v) is 30.8. The highest BCUT2D eigenvalue weighted by Gasteiger charge is 2.24. The van der Waals surface area contributed by atoms with Gasteiger partial charge in [0.25, 0.3) is 17.7 Å². The largest absolute Gasteiger partial charge is 0.497 e. The average Bonchev–Trinajstić information content (AvgIpc) is 3.49. The molecule has 4 aromatic carbocycles. The number of ether oxygens (including phenoxy) is 2. The van der Waals surface area contributed by atoms with Crippen LogP contribution in [0.1, 0.15) is 43.6 Å². The van der Waals surface area contributed by atoms with E-state index in [1.807, 2.05) is 6.07 Å². The summed E-state index contributed by atoms with van der Waals surface area (Å²) in [6, 6.07) is 31.6. The number of para-hydroxylation sites is 1. The molecular weight excluding hydrogens is 711 g/mol. The maximum atomic E-state index is 13.7. The van der Waals surface area contributed by atoms with Crippen LogP contribution in [0.4, 0.5) is 16.4 Å². The minimum Gasteiger partial charge on any atom is -0.497 e. The molecule has 0 saturated heterocycles. The molecule has 1 aromatic heterocycles. The monoisotopic (exact) mass is 745 g/mol. The van der Waals surface area contributed by atoms with Gasteiger partial charge in [0.2, 0.25) is 5.91 Å². The molecule has 0 fully saturated rings. The van der Waals surface area contributed by atoms with Crippen molar-refractivity contribution >= 4 is 69.2 Å². The average molecular weight is 746 g/mol. The van der Waals surface area contributed by atoms with Gasteiger partial charge in [-0.25, -0.2) is 0 Å². The molecule has 0 aliphatic heterocycles. The van der Waals surface area contributed by atoms with Crippen molar-refractivity contribution in [3.63, 3.8) is 0 Å². The van der Waals surface area contributed by atoms with E-state index in [1.165, 1.54) is 32.1 Å². The summed E-state index contributed by atoms with van der Waals surface area (Å²) < 4.78 is 10.8. The zero-order chi connectivity index (χ0) is 37.9. The first-order valence-corrected chi connectivity index (χ1v) is 17.9. The van der Waals surface area contributed by atoms with E-state index in [1.54, 1.807) is 111 Å². The molecule has 1 heterocycles. The van der Waals surface area contributed by atoms with Crippen molar-refractivity contribution < 1.29 is 28.7 Å². The number of amides is 4. The maximum Gasteiger partial charge on any atom is 0.272 e. The predicted octanol–water partition coefficient (Wildman–Crippen LogP) is 7.73. The molecule has 0 aliphatic rings. The highest BCUT2D eigenvalue weighted by molar-refractivity contribution is 8.00.